The Morgan fingerprint density at radius 1 is 1.46 bits per heavy atom. The van der Waals surface area contributed by atoms with Crippen molar-refractivity contribution in [2.45, 2.75) is 58.0 Å². The first kappa shape index (κ1) is 10.5. The van der Waals surface area contributed by atoms with Gasteiger partial charge in [-0.25, -0.2) is 0 Å². The Balaban J connectivity index is 2.45. The molecule has 0 saturated heterocycles. The highest BCUT2D eigenvalue weighted by Crippen LogP contribution is 2.25. The minimum atomic E-state index is 0.443. The first-order chi connectivity index (χ1) is 6.29. The fourth-order valence-electron chi connectivity index (χ4n) is 2.42. The van der Waals surface area contributed by atoms with Crippen molar-refractivity contribution in [1.29, 1.82) is 5.26 Å². The van der Waals surface area contributed by atoms with Gasteiger partial charge in [-0.15, -0.1) is 0 Å². The van der Waals surface area contributed by atoms with E-state index in [1.54, 1.807) is 0 Å². The van der Waals surface area contributed by atoms with Gasteiger partial charge in [0, 0.05) is 12.1 Å². The molecule has 1 saturated carbocycles. The first-order valence-electron chi connectivity index (χ1n) is 5.42. The van der Waals surface area contributed by atoms with Crippen molar-refractivity contribution in [3.05, 3.63) is 0 Å². The molecule has 0 aromatic carbocycles. The highest BCUT2D eigenvalue weighted by Gasteiger charge is 2.24. The van der Waals surface area contributed by atoms with Gasteiger partial charge in [0.25, 0.3) is 0 Å². The molecule has 0 radical (unpaired) electrons. The standard InChI is InChI=1S/C11H20N2/c1-3-13(10(2)8-9-12)11-6-4-5-7-11/h10-11H,3-8H2,1-2H3. The van der Waals surface area contributed by atoms with E-state index >= 15 is 0 Å². The number of nitrogens with zero attached hydrogens (tertiary/aromatic N) is 2. The van der Waals surface area contributed by atoms with E-state index in [0.717, 1.165) is 12.6 Å². The zero-order chi connectivity index (χ0) is 9.68. The lowest BCUT2D eigenvalue weighted by molar-refractivity contribution is 0.156. The van der Waals surface area contributed by atoms with Gasteiger partial charge in [-0.3, -0.25) is 4.90 Å². The number of hydrogen-bond donors (Lipinski definition) is 0. The van der Waals surface area contributed by atoms with Gasteiger partial charge >= 0.3 is 0 Å². The molecule has 74 valence electrons. The van der Waals surface area contributed by atoms with Gasteiger partial charge < -0.3 is 0 Å². The predicted molar refractivity (Wildman–Crippen MR) is 54.3 cm³/mol. The van der Waals surface area contributed by atoms with Crippen LogP contribution in [0.2, 0.25) is 0 Å². The largest absolute Gasteiger partial charge is 0.297 e. The third-order valence-corrected chi connectivity index (χ3v) is 3.11. The van der Waals surface area contributed by atoms with E-state index in [1.165, 1.54) is 25.7 Å². The van der Waals surface area contributed by atoms with Crippen molar-refractivity contribution in [1.82, 2.24) is 4.90 Å². The SMILES string of the molecule is CCN(C(C)CC#N)C1CCCC1. The summed E-state index contributed by atoms with van der Waals surface area (Å²) < 4.78 is 0. The summed E-state index contributed by atoms with van der Waals surface area (Å²) in [6, 6.07) is 3.46. The highest BCUT2D eigenvalue weighted by molar-refractivity contribution is 4.85. The zero-order valence-corrected chi connectivity index (χ0v) is 8.79. The molecule has 0 amide bonds. The molecule has 13 heavy (non-hydrogen) atoms. The molecule has 1 fully saturated rings. The summed E-state index contributed by atoms with van der Waals surface area (Å²) in [6.45, 7) is 5.46. The summed E-state index contributed by atoms with van der Waals surface area (Å²) in [7, 11) is 0. The molecule has 0 aromatic heterocycles. The predicted octanol–water partition coefficient (Wildman–Crippen LogP) is 2.55. The van der Waals surface area contributed by atoms with Crippen molar-refractivity contribution in [2.24, 2.45) is 0 Å². The molecule has 1 aliphatic rings. The molecular formula is C11H20N2. The average Bonchev–Trinajstić information content (AvgIpc) is 2.59. The second-order valence-electron chi connectivity index (χ2n) is 3.98. The Morgan fingerprint density at radius 2 is 2.08 bits per heavy atom. The topological polar surface area (TPSA) is 27.0 Å². The second kappa shape index (κ2) is 5.24. The van der Waals surface area contributed by atoms with Gasteiger partial charge in [-0.2, -0.15) is 5.26 Å². The Bertz CT molecular complexity index is 177. The van der Waals surface area contributed by atoms with Crippen LogP contribution in [0.1, 0.15) is 46.0 Å². The maximum atomic E-state index is 8.65. The van der Waals surface area contributed by atoms with Crippen molar-refractivity contribution >= 4 is 0 Å². The molecule has 1 atom stereocenters. The van der Waals surface area contributed by atoms with Gasteiger partial charge in [-0.1, -0.05) is 19.8 Å². The van der Waals surface area contributed by atoms with Crippen LogP contribution in [-0.2, 0) is 0 Å². The van der Waals surface area contributed by atoms with Crippen LogP contribution in [-0.4, -0.2) is 23.5 Å². The summed E-state index contributed by atoms with van der Waals surface area (Å²) in [6.07, 6.45) is 6.10. The maximum Gasteiger partial charge on any atom is 0.0638 e. The van der Waals surface area contributed by atoms with E-state index in [4.69, 9.17) is 5.26 Å². The summed E-state index contributed by atoms with van der Waals surface area (Å²) in [5.74, 6) is 0. The van der Waals surface area contributed by atoms with Crippen LogP contribution in [0.15, 0.2) is 0 Å². The minimum Gasteiger partial charge on any atom is -0.297 e. The Kier molecular flexibility index (Phi) is 4.24. The highest BCUT2D eigenvalue weighted by atomic mass is 15.2. The molecule has 1 unspecified atom stereocenters. The molecular weight excluding hydrogens is 160 g/mol. The van der Waals surface area contributed by atoms with E-state index in [-0.39, 0.29) is 0 Å². The molecule has 1 rings (SSSR count). The Labute approximate surface area is 81.5 Å². The van der Waals surface area contributed by atoms with Crippen LogP contribution in [0.5, 0.6) is 0 Å². The fraction of sp³-hybridized carbons (Fsp3) is 0.909. The van der Waals surface area contributed by atoms with Gasteiger partial charge in [0.1, 0.15) is 0 Å². The fourth-order valence-corrected chi connectivity index (χ4v) is 2.42. The molecule has 2 nitrogen and oxygen atoms in total. The summed E-state index contributed by atoms with van der Waals surface area (Å²) in [5.41, 5.74) is 0. The normalized spacial score (nSPS) is 20.5. The van der Waals surface area contributed by atoms with Crippen molar-refractivity contribution in [3.8, 4) is 6.07 Å². The molecule has 0 heterocycles. The number of nitriles is 1. The second-order valence-corrected chi connectivity index (χ2v) is 3.98. The van der Waals surface area contributed by atoms with Crippen LogP contribution < -0.4 is 0 Å². The van der Waals surface area contributed by atoms with Crippen LogP contribution in [0.3, 0.4) is 0 Å². The number of rotatable bonds is 4. The smallest absolute Gasteiger partial charge is 0.0638 e. The Hall–Kier alpha value is -0.550. The quantitative estimate of drug-likeness (QED) is 0.665. The van der Waals surface area contributed by atoms with Gasteiger partial charge in [0.15, 0.2) is 0 Å². The van der Waals surface area contributed by atoms with Crippen molar-refractivity contribution < 1.29 is 0 Å². The molecule has 0 bridgehead atoms. The molecule has 2 heteroatoms. The van der Waals surface area contributed by atoms with E-state index in [1.807, 2.05) is 0 Å². The lowest BCUT2D eigenvalue weighted by atomic mass is 10.1. The molecule has 0 N–H and O–H groups in total. The average molecular weight is 180 g/mol. The van der Waals surface area contributed by atoms with E-state index in [9.17, 15) is 0 Å². The van der Waals surface area contributed by atoms with Gasteiger partial charge in [-0.05, 0) is 26.3 Å². The summed E-state index contributed by atoms with van der Waals surface area (Å²) in [4.78, 5) is 2.50. The van der Waals surface area contributed by atoms with Gasteiger partial charge in [0.2, 0.25) is 0 Å². The zero-order valence-electron chi connectivity index (χ0n) is 8.79. The van der Waals surface area contributed by atoms with E-state index < -0.39 is 0 Å². The Morgan fingerprint density at radius 3 is 2.54 bits per heavy atom. The summed E-state index contributed by atoms with van der Waals surface area (Å²) in [5, 5.41) is 8.65. The third-order valence-electron chi connectivity index (χ3n) is 3.11. The maximum absolute atomic E-state index is 8.65. The third kappa shape index (κ3) is 2.70. The lowest BCUT2D eigenvalue weighted by Crippen LogP contribution is -2.40. The number of hydrogen-bond acceptors (Lipinski definition) is 2. The van der Waals surface area contributed by atoms with Crippen LogP contribution in [0, 0.1) is 11.3 Å². The summed E-state index contributed by atoms with van der Waals surface area (Å²) >= 11 is 0. The monoisotopic (exact) mass is 180 g/mol. The van der Waals surface area contributed by atoms with Gasteiger partial charge in [0.05, 0.1) is 12.5 Å². The lowest BCUT2D eigenvalue weighted by Gasteiger charge is -2.32. The van der Waals surface area contributed by atoms with E-state index in [2.05, 4.69) is 24.8 Å². The first-order valence-corrected chi connectivity index (χ1v) is 5.42. The van der Waals surface area contributed by atoms with E-state index in [0.29, 0.717) is 12.5 Å². The van der Waals surface area contributed by atoms with Crippen LogP contribution >= 0.6 is 0 Å². The molecule has 0 aliphatic heterocycles. The molecule has 1 aliphatic carbocycles. The van der Waals surface area contributed by atoms with Crippen molar-refractivity contribution in [2.75, 3.05) is 6.54 Å². The van der Waals surface area contributed by atoms with Crippen molar-refractivity contribution in [3.63, 3.8) is 0 Å². The van der Waals surface area contributed by atoms with Crippen LogP contribution in [0.25, 0.3) is 0 Å². The van der Waals surface area contributed by atoms with Crippen LogP contribution in [0.4, 0.5) is 0 Å². The molecule has 0 aromatic rings. The minimum absolute atomic E-state index is 0.443. The molecule has 0 spiro atoms.